The fraction of sp³-hybridized carbons (Fsp3) is 0.385. The molecule has 2 aromatic rings. The molecule has 1 heterocycles. The van der Waals surface area contributed by atoms with Crippen LogP contribution in [0.25, 0.3) is 11.1 Å². The number of fused-ring (bicyclic) bond motifs is 3. The largest absolute Gasteiger partial charge is 0.480 e. The van der Waals surface area contributed by atoms with Gasteiger partial charge in [0.1, 0.15) is 19.2 Å². The Balaban J connectivity index is 1.38. The normalized spacial score (nSPS) is 16.0. The summed E-state index contributed by atoms with van der Waals surface area (Å²) in [6, 6.07) is 15.2. The van der Waals surface area contributed by atoms with E-state index in [0.717, 1.165) is 22.3 Å². The van der Waals surface area contributed by atoms with Crippen molar-refractivity contribution in [2.75, 3.05) is 32.8 Å². The molecule has 0 bridgehead atoms. The van der Waals surface area contributed by atoms with Crippen LogP contribution in [0, 0.1) is 5.92 Å². The number of carbonyl (C=O) groups excluding carboxylic acids is 3. The van der Waals surface area contributed by atoms with Crippen molar-refractivity contribution >= 4 is 23.9 Å². The monoisotopic (exact) mass is 479 g/mol. The highest BCUT2D eigenvalue weighted by Gasteiger charge is 2.35. The van der Waals surface area contributed by atoms with E-state index in [1.165, 1.54) is 9.80 Å². The molecule has 9 heteroatoms. The Labute approximate surface area is 203 Å². The van der Waals surface area contributed by atoms with Gasteiger partial charge in [-0.1, -0.05) is 62.4 Å². The zero-order valence-corrected chi connectivity index (χ0v) is 19.8. The molecule has 35 heavy (non-hydrogen) atoms. The van der Waals surface area contributed by atoms with Crippen LogP contribution in [0.3, 0.4) is 0 Å². The van der Waals surface area contributed by atoms with Gasteiger partial charge in [0.15, 0.2) is 0 Å². The third kappa shape index (κ3) is 5.13. The first-order chi connectivity index (χ1) is 16.8. The lowest BCUT2D eigenvalue weighted by Crippen LogP contribution is -2.58. The van der Waals surface area contributed by atoms with Crippen LogP contribution in [0.15, 0.2) is 48.5 Å². The predicted molar refractivity (Wildman–Crippen MR) is 128 cm³/mol. The van der Waals surface area contributed by atoms with E-state index in [4.69, 9.17) is 9.84 Å². The second-order valence-electron chi connectivity index (χ2n) is 9.16. The van der Waals surface area contributed by atoms with Crippen molar-refractivity contribution in [3.63, 3.8) is 0 Å². The van der Waals surface area contributed by atoms with Crippen LogP contribution in [0.2, 0.25) is 0 Å². The fourth-order valence-electron chi connectivity index (χ4n) is 4.70. The van der Waals surface area contributed by atoms with Gasteiger partial charge in [-0.05, 0) is 28.2 Å². The first kappa shape index (κ1) is 24.3. The number of ether oxygens (including phenoxy) is 1. The number of carbonyl (C=O) groups is 4. The summed E-state index contributed by atoms with van der Waals surface area (Å²) >= 11 is 0. The average Bonchev–Trinajstić information content (AvgIpc) is 3.15. The Hall–Kier alpha value is -3.88. The summed E-state index contributed by atoms with van der Waals surface area (Å²) in [6.07, 6.45) is -0.699. The molecule has 1 aliphatic carbocycles. The van der Waals surface area contributed by atoms with Crippen molar-refractivity contribution in [2.24, 2.45) is 5.92 Å². The van der Waals surface area contributed by atoms with Crippen LogP contribution < -0.4 is 5.32 Å². The van der Waals surface area contributed by atoms with Gasteiger partial charge in [0.2, 0.25) is 11.8 Å². The molecule has 1 saturated heterocycles. The number of piperazine rings is 1. The quantitative estimate of drug-likeness (QED) is 0.630. The molecule has 2 N–H and O–H groups in total. The van der Waals surface area contributed by atoms with Crippen molar-refractivity contribution < 1.29 is 29.0 Å². The van der Waals surface area contributed by atoms with Gasteiger partial charge in [0.05, 0.1) is 6.54 Å². The van der Waals surface area contributed by atoms with Gasteiger partial charge >= 0.3 is 12.1 Å². The van der Waals surface area contributed by atoms with E-state index >= 15 is 0 Å². The molecule has 1 atom stereocenters. The maximum atomic E-state index is 13.1. The summed E-state index contributed by atoms with van der Waals surface area (Å²) < 4.78 is 5.58. The van der Waals surface area contributed by atoms with Crippen LogP contribution in [0.4, 0.5) is 4.79 Å². The molecule has 0 radical (unpaired) electrons. The molecule has 1 aliphatic heterocycles. The first-order valence-corrected chi connectivity index (χ1v) is 11.7. The van der Waals surface area contributed by atoms with Crippen molar-refractivity contribution in [1.82, 2.24) is 15.1 Å². The van der Waals surface area contributed by atoms with Gasteiger partial charge < -0.3 is 25.0 Å². The molecular formula is C26H29N3O6. The molecule has 2 aliphatic rings. The molecule has 184 valence electrons. The second-order valence-corrected chi connectivity index (χ2v) is 9.16. The van der Waals surface area contributed by atoms with Gasteiger partial charge in [0.25, 0.3) is 0 Å². The Bertz CT molecular complexity index is 1100. The third-order valence-electron chi connectivity index (χ3n) is 6.51. The number of hydrogen-bond acceptors (Lipinski definition) is 5. The molecule has 0 spiro atoms. The molecule has 4 rings (SSSR count). The maximum Gasteiger partial charge on any atom is 0.407 e. The second kappa shape index (κ2) is 10.2. The lowest BCUT2D eigenvalue weighted by Gasteiger charge is -2.36. The lowest BCUT2D eigenvalue weighted by atomic mass is 9.98. The standard InChI is InChI=1S/C26H29N3O6/c1-16(2)24(25(33)29-12-11-28(14-23(31)32)22(30)13-29)27-26(34)35-15-21-19-9-5-3-7-17(19)18-8-4-6-10-20(18)21/h3-10,16,21,24H,11-15H2,1-2H3,(H,27,34)(H,31,32)/t24-/m0/s1. The third-order valence-corrected chi connectivity index (χ3v) is 6.51. The van der Waals surface area contributed by atoms with Crippen LogP contribution in [-0.2, 0) is 19.1 Å². The fourth-order valence-corrected chi connectivity index (χ4v) is 4.70. The highest BCUT2D eigenvalue weighted by atomic mass is 16.5. The van der Waals surface area contributed by atoms with Crippen molar-refractivity contribution in [3.8, 4) is 11.1 Å². The molecule has 2 aromatic carbocycles. The smallest absolute Gasteiger partial charge is 0.407 e. The van der Waals surface area contributed by atoms with Crippen LogP contribution in [0.1, 0.15) is 30.9 Å². The molecule has 1 fully saturated rings. The van der Waals surface area contributed by atoms with Crippen molar-refractivity contribution in [2.45, 2.75) is 25.8 Å². The minimum absolute atomic E-state index is 0.0960. The molecule has 0 aromatic heterocycles. The number of rotatable bonds is 7. The van der Waals surface area contributed by atoms with Gasteiger partial charge in [-0.2, -0.15) is 0 Å². The molecule has 0 saturated carbocycles. The number of aliphatic carboxylic acids is 1. The minimum atomic E-state index is -1.10. The number of amides is 3. The van der Waals surface area contributed by atoms with Gasteiger partial charge in [0, 0.05) is 19.0 Å². The Morgan fingerprint density at radius 1 is 1.03 bits per heavy atom. The van der Waals surface area contributed by atoms with Crippen LogP contribution in [0.5, 0.6) is 0 Å². The predicted octanol–water partition coefficient (Wildman–Crippen LogP) is 2.31. The summed E-state index contributed by atoms with van der Waals surface area (Å²) in [7, 11) is 0. The van der Waals surface area contributed by atoms with Crippen LogP contribution in [-0.4, -0.2) is 77.6 Å². The molecular weight excluding hydrogens is 450 g/mol. The minimum Gasteiger partial charge on any atom is -0.480 e. The SMILES string of the molecule is CC(C)[C@H](NC(=O)OCC1c2ccccc2-c2ccccc21)C(=O)N1CCN(CC(=O)O)C(=O)C1. The summed E-state index contributed by atoms with van der Waals surface area (Å²) in [5, 5.41) is 11.6. The summed E-state index contributed by atoms with van der Waals surface area (Å²) in [5.74, 6) is -2.26. The summed E-state index contributed by atoms with van der Waals surface area (Å²) in [4.78, 5) is 51.6. The molecule has 3 amide bonds. The Kier molecular flexibility index (Phi) is 7.04. The number of benzene rings is 2. The summed E-state index contributed by atoms with van der Waals surface area (Å²) in [6.45, 7) is 3.45. The zero-order chi connectivity index (χ0) is 25.1. The van der Waals surface area contributed by atoms with E-state index in [9.17, 15) is 19.2 Å². The first-order valence-electron chi connectivity index (χ1n) is 11.7. The highest BCUT2D eigenvalue weighted by molar-refractivity contribution is 5.91. The number of carboxylic acid groups (broad SMARTS) is 1. The van der Waals surface area contributed by atoms with E-state index in [-0.39, 0.29) is 38.1 Å². The van der Waals surface area contributed by atoms with E-state index < -0.39 is 36.5 Å². The van der Waals surface area contributed by atoms with E-state index in [2.05, 4.69) is 17.4 Å². The van der Waals surface area contributed by atoms with Crippen molar-refractivity contribution in [3.05, 3.63) is 59.7 Å². The van der Waals surface area contributed by atoms with E-state index in [1.54, 1.807) is 13.8 Å². The number of hydrogen-bond donors (Lipinski definition) is 2. The number of alkyl carbamates (subject to hydrolysis) is 1. The lowest BCUT2D eigenvalue weighted by molar-refractivity contribution is -0.151. The topological polar surface area (TPSA) is 116 Å². The number of carboxylic acids is 1. The summed E-state index contributed by atoms with van der Waals surface area (Å²) in [5.41, 5.74) is 4.43. The Morgan fingerprint density at radius 3 is 2.17 bits per heavy atom. The van der Waals surface area contributed by atoms with E-state index in [1.807, 2.05) is 36.4 Å². The zero-order valence-electron chi connectivity index (χ0n) is 19.8. The van der Waals surface area contributed by atoms with Gasteiger partial charge in [-0.15, -0.1) is 0 Å². The van der Waals surface area contributed by atoms with Crippen LogP contribution >= 0.6 is 0 Å². The molecule has 9 nitrogen and oxygen atoms in total. The maximum absolute atomic E-state index is 13.1. The van der Waals surface area contributed by atoms with Gasteiger partial charge in [-0.25, -0.2) is 4.79 Å². The molecule has 0 unspecified atom stereocenters. The Morgan fingerprint density at radius 2 is 1.63 bits per heavy atom. The number of nitrogens with one attached hydrogen (secondary N) is 1. The van der Waals surface area contributed by atoms with Gasteiger partial charge in [-0.3, -0.25) is 14.4 Å². The van der Waals surface area contributed by atoms with Crippen molar-refractivity contribution in [1.29, 1.82) is 0 Å². The average molecular weight is 480 g/mol. The highest BCUT2D eigenvalue weighted by Crippen LogP contribution is 2.44. The van der Waals surface area contributed by atoms with E-state index in [0.29, 0.717) is 0 Å². The number of nitrogens with zero attached hydrogens (tertiary/aromatic N) is 2.